The fraction of sp³-hybridized carbons (Fsp3) is 0. The first-order chi connectivity index (χ1) is 6.79. The molecule has 0 radical (unpaired) electrons. The van der Waals surface area contributed by atoms with Gasteiger partial charge in [-0.3, -0.25) is 9.78 Å². The smallest absolute Gasteiger partial charge is 0.408 e. The van der Waals surface area contributed by atoms with Crippen LogP contribution in [0.5, 0.6) is 0 Å². The van der Waals surface area contributed by atoms with Crippen LogP contribution >= 0.6 is 0 Å². The molecular weight excluding hydrogens is 182 g/mol. The van der Waals surface area contributed by atoms with Crippen LogP contribution in [-0.4, -0.2) is 11.3 Å². The molecule has 1 aromatic carbocycles. The number of allylic oxidation sites excluding steroid dienone is 1. The Morgan fingerprint density at radius 2 is 2.21 bits per heavy atom. The van der Waals surface area contributed by atoms with Gasteiger partial charge in [0.15, 0.2) is 5.58 Å². The Hall–Kier alpha value is -2.10. The Bertz CT molecular complexity index is 548. The molecule has 4 nitrogen and oxygen atoms in total. The second-order valence-electron chi connectivity index (χ2n) is 2.77. The van der Waals surface area contributed by atoms with E-state index in [1.807, 2.05) is 0 Å². The highest BCUT2D eigenvalue weighted by molar-refractivity contribution is 5.79. The molecule has 1 N–H and O–H groups in total. The Kier molecular flexibility index (Phi) is 2.02. The van der Waals surface area contributed by atoms with Gasteiger partial charge in [-0.05, 0) is 23.8 Å². The lowest BCUT2D eigenvalue weighted by Gasteiger charge is -1.90. The second kappa shape index (κ2) is 3.33. The number of hydrogen-bond acceptors (Lipinski definition) is 3. The average molecular weight is 189 g/mol. The van der Waals surface area contributed by atoms with Crippen molar-refractivity contribution in [2.45, 2.75) is 0 Å². The lowest BCUT2D eigenvalue weighted by molar-refractivity contribution is -0.104. The van der Waals surface area contributed by atoms with E-state index in [0.29, 0.717) is 17.4 Å². The van der Waals surface area contributed by atoms with Gasteiger partial charge in [0.2, 0.25) is 0 Å². The van der Waals surface area contributed by atoms with E-state index in [1.165, 1.54) is 6.08 Å². The van der Waals surface area contributed by atoms with E-state index in [1.54, 1.807) is 24.3 Å². The zero-order valence-electron chi connectivity index (χ0n) is 7.19. The van der Waals surface area contributed by atoms with E-state index >= 15 is 0 Å². The summed E-state index contributed by atoms with van der Waals surface area (Å²) < 4.78 is 4.86. The summed E-state index contributed by atoms with van der Waals surface area (Å²) in [6.07, 6.45) is 3.71. The van der Waals surface area contributed by atoms with Crippen LogP contribution in [0.3, 0.4) is 0 Å². The highest BCUT2D eigenvalue weighted by atomic mass is 16.4. The van der Waals surface area contributed by atoms with E-state index in [-0.39, 0.29) is 0 Å². The van der Waals surface area contributed by atoms with Crippen molar-refractivity contribution in [3.8, 4) is 0 Å². The van der Waals surface area contributed by atoms with Crippen molar-refractivity contribution in [3.63, 3.8) is 0 Å². The molecule has 0 unspecified atom stereocenters. The molecule has 0 saturated heterocycles. The van der Waals surface area contributed by atoms with E-state index in [9.17, 15) is 9.59 Å². The Balaban J connectivity index is 2.55. The third kappa shape index (κ3) is 1.50. The standard InChI is InChI=1S/C10H7NO3/c12-5-1-2-7-3-4-8-9(6-7)14-10(13)11-8/h1-6H,(H,11,13). The van der Waals surface area contributed by atoms with Gasteiger partial charge in [0.1, 0.15) is 6.29 Å². The number of oxazole rings is 1. The monoisotopic (exact) mass is 189 g/mol. The number of H-pyrrole nitrogens is 1. The van der Waals surface area contributed by atoms with Gasteiger partial charge >= 0.3 is 5.76 Å². The number of aldehydes is 1. The molecule has 1 heterocycles. The fourth-order valence-corrected chi connectivity index (χ4v) is 1.22. The van der Waals surface area contributed by atoms with E-state index in [4.69, 9.17) is 4.42 Å². The van der Waals surface area contributed by atoms with Crippen LogP contribution in [0.15, 0.2) is 33.5 Å². The zero-order valence-corrected chi connectivity index (χ0v) is 7.19. The number of rotatable bonds is 2. The predicted octanol–water partition coefficient (Wildman–Crippen LogP) is 1.33. The van der Waals surface area contributed by atoms with Gasteiger partial charge in [-0.15, -0.1) is 0 Å². The van der Waals surface area contributed by atoms with Crippen LogP contribution in [0, 0.1) is 0 Å². The molecule has 0 bridgehead atoms. The number of benzene rings is 1. The summed E-state index contributed by atoms with van der Waals surface area (Å²) in [5.41, 5.74) is 1.95. The molecule has 1 aromatic heterocycles. The lowest BCUT2D eigenvalue weighted by Crippen LogP contribution is -1.92. The SMILES string of the molecule is O=CC=Cc1ccc2[nH]c(=O)oc2c1. The first kappa shape index (κ1) is 8.50. The maximum absolute atomic E-state index is 10.8. The summed E-state index contributed by atoms with van der Waals surface area (Å²) in [6, 6.07) is 5.20. The summed E-state index contributed by atoms with van der Waals surface area (Å²) in [4.78, 5) is 23.4. The Labute approximate surface area is 78.9 Å². The minimum absolute atomic E-state index is 0.475. The maximum atomic E-state index is 10.8. The molecule has 0 atom stereocenters. The maximum Gasteiger partial charge on any atom is 0.417 e. The molecule has 0 aliphatic carbocycles. The molecule has 2 rings (SSSR count). The van der Waals surface area contributed by atoms with E-state index < -0.39 is 5.76 Å². The molecule has 2 aromatic rings. The molecule has 0 aliphatic heterocycles. The van der Waals surface area contributed by atoms with Crippen molar-refractivity contribution in [2.24, 2.45) is 0 Å². The topological polar surface area (TPSA) is 63.1 Å². The average Bonchev–Trinajstić information content (AvgIpc) is 2.54. The number of nitrogens with one attached hydrogen (secondary N) is 1. The van der Waals surface area contributed by atoms with Crippen LogP contribution in [0.4, 0.5) is 0 Å². The predicted molar refractivity (Wildman–Crippen MR) is 51.9 cm³/mol. The quantitative estimate of drug-likeness (QED) is 0.572. The van der Waals surface area contributed by atoms with Crippen molar-refractivity contribution in [3.05, 3.63) is 40.4 Å². The molecule has 0 fully saturated rings. The van der Waals surface area contributed by atoms with Gasteiger partial charge in [-0.1, -0.05) is 12.1 Å². The van der Waals surface area contributed by atoms with Gasteiger partial charge in [-0.25, -0.2) is 4.79 Å². The zero-order chi connectivity index (χ0) is 9.97. The molecular formula is C10H7NO3. The lowest BCUT2D eigenvalue weighted by atomic mass is 10.2. The first-order valence-electron chi connectivity index (χ1n) is 4.04. The summed E-state index contributed by atoms with van der Waals surface area (Å²) in [7, 11) is 0. The highest BCUT2D eigenvalue weighted by Gasteiger charge is 1.99. The first-order valence-corrected chi connectivity index (χ1v) is 4.04. The number of carbonyl (C=O) groups excluding carboxylic acids is 1. The molecule has 70 valence electrons. The van der Waals surface area contributed by atoms with Gasteiger partial charge in [-0.2, -0.15) is 0 Å². The van der Waals surface area contributed by atoms with Gasteiger partial charge in [0.25, 0.3) is 0 Å². The van der Waals surface area contributed by atoms with Crippen LogP contribution in [0.25, 0.3) is 17.2 Å². The molecule has 14 heavy (non-hydrogen) atoms. The molecule has 0 aliphatic rings. The molecule has 0 spiro atoms. The number of fused-ring (bicyclic) bond motifs is 1. The van der Waals surface area contributed by atoms with Crippen LogP contribution in [0.2, 0.25) is 0 Å². The normalized spacial score (nSPS) is 11.1. The number of carbonyl (C=O) groups is 1. The number of hydrogen-bond donors (Lipinski definition) is 1. The fourth-order valence-electron chi connectivity index (χ4n) is 1.22. The minimum atomic E-state index is -0.475. The molecule has 4 heteroatoms. The Morgan fingerprint density at radius 3 is 3.00 bits per heavy atom. The third-order valence-corrected chi connectivity index (χ3v) is 1.81. The van der Waals surface area contributed by atoms with Crippen LogP contribution in [0.1, 0.15) is 5.56 Å². The van der Waals surface area contributed by atoms with Crippen LogP contribution < -0.4 is 5.76 Å². The molecule has 0 saturated carbocycles. The van der Waals surface area contributed by atoms with Crippen molar-refractivity contribution in [1.29, 1.82) is 0 Å². The van der Waals surface area contributed by atoms with Gasteiger partial charge in [0, 0.05) is 0 Å². The van der Waals surface area contributed by atoms with E-state index in [2.05, 4.69) is 4.98 Å². The summed E-state index contributed by atoms with van der Waals surface area (Å²) in [5, 5.41) is 0. The van der Waals surface area contributed by atoms with Crippen molar-refractivity contribution >= 4 is 23.5 Å². The molecule has 0 amide bonds. The third-order valence-electron chi connectivity index (χ3n) is 1.81. The minimum Gasteiger partial charge on any atom is -0.408 e. The summed E-state index contributed by atoms with van der Waals surface area (Å²) >= 11 is 0. The highest BCUT2D eigenvalue weighted by Crippen LogP contribution is 2.12. The number of aromatic nitrogens is 1. The summed E-state index contributed by atoms with van der Waals surface area (Å²) in [6.45, 7) is 0. The van der Waals surface area contributed by atoms with Crippen molar-refractivity contribution in [2.75, 3.05) is 0 Å². The summed E-state index contributed by atoms with van der Waals surface area (Å²) in [5.74, 6) is -0.475. The second-order valence-corrected chi connectivity index (χ2v) is 2.77. The van der Waals surface area contributed by atoms with Crippen molar-refractivity contribution in [1.82, 2.24) is 4.98 Å². The van der Waals surface area contributed by atoms with Crippen molar-refractivity contribution < 1.29 is 9.21 Å². The van der Waals surface area contributed by atoms with E-state index in [0.717, 1.165) is 5.56 Å². The Morgan fingerprint density at radius 1 is 1.36 bits per heavy atom. The van der Waals surface area contributed by atoms with Crippen LogP contribution in [-0.2, 0) is 4.79 Å². The van der Waals surface area contributed by atoms with Gasteiger partial charge in [0.05, 0.1) is 5.52 Å². The number of aromatic amines is 1. The largest absolute Gasteiger partial charge is 0.417 e. The van der Waals surface area contributed by atoms with Gasteiger partial charge < -0.3 is 4.42 Å².